The first-order valence-corrected chi connectivity index (χ1v) is 9.82. The summed E-state index contributed by atoms with van der Waals surface area (Å²) in [6.45, 7) is 4.79. The van der Waals surface area contributed by atoms with Gasteiger partial charge < -0.3 is 5.11 Å². The molecule has 1 aliphatic carbocycles. The maximum atomic E-state index is 10.5. The molecule has 0 aromatic heterocycles. The normalized spacial score (nSPS) is 18.5. The van der Waals surface area contributed by atoms with E-state index in [1.54, 1.807) is 0 Å². The molecule has 0 heterocycles. The molecule has 1 N–H and O–H groups in total. The van der Waals surface area contributed by atoms with Crippen molar-refractivity contribution in [1.29, 1.82) is 0 Å². The second-order valence-electron chi connectivity index (χ2n) is 7.63. The molecule has 0 radical (unpaired) electrons. The van der Waals surface area contributed by atoms with Crippen LogP contribution in [0.1, 0.15) is 110 Å². The van der Waals surface area contributed by atoms with Crippen LogP contribution in [0.15, 0.2) is 0 Å². The van der Waals surface area contributed by atoms with Crippen LogP contribution in [0.25, 0.3) is 0 Å². The van der Waals surface area contributed by atoms with Gasteiger partial charge in [0.05, 0.1) is 0 Å². The molecule has 0 aliphatic heterocycles. The Morgan fingerprint density at radius 1 is 1.00 bits per heavy atom. The summed E-state index contributed by atoms with van der Waals surface area (Å²) in [7, 11) is 0. The van der Waals surface area contributed by atoms with Crippen molar-refractivity contribution in [2.75, 3.05) is 0 Å². The molecule has 22 heavy (non-hydrogen) atoms. The fraction of sp³-hybridized carbons (Fsp3) is 0.950. The SMILES string of the molecule is CCCCCCC(C)C1(CCCCCCC(=O)O)CCCC1. The molecule has 0 aromatic rings. The fourth-order valence-corrected chi connectivity index (χ4v) is 4.36. The highest BCUT2D eigenvalue weighted by atomic mass is 16.4. The van der Waals surface area contributed by atoms with Gasteiger partial charge in [0.2, 0.25) is 0 Å². The standard InChI is InChI=1S/C20H38O2/c1-3-4-5-8-13-18(2)20(16-11-12-17-20)15-10-7-6-9-14-19(21)22/h18H,3-17H2,1-2H3,(H,21,22). The maximum absolute atomic E-state index is 10.5. The zero-order chi connectivity index (χ0) is 16.3. The van der Waals surface area contributed by atoms with Crippen LogP contribution in [0, 0.1) is 11.3 Å². The minimum Gasteiger partial charge on any atom is -0.481 e. The van der Waals surface area contributed by atoms with Crippen molar-refractivity contribution in [3.05, 3.63) is 0 Å². The first-order valence-electron chi connectivity index (χ1n) is 9.82. The molecule has 1 rings (SSSR count). The Bertz CT molecular complexity index is 292. The average molecular weight is 311 g/mol. The second kappa shape index (κ2) is 11.1. The van der Waals surface area contributed by atoms with Crippen molar-refractivity contribution in [1.82, 2.24) is 0 Å². The van der Waals surface area contributed by atoms with Gasteiger partial charge in [-0.15, -0.1) is 0 Å². The van der Waals surface area contributed by atoms with Crippen molar-refractivity contribution >= 4 is 5.97 Å². The number of rotatable bonds is 13. The largest absolute Gasteiger partial charge is 0.481 e. The Labute approximate surface area is 138 Å². The topological polar surface area (TPSA) is 37.3 Å². The highest BCUT2D eigenvalue weighted by molar-refractivity contribution is 5.66. The van der Waals surface area contributed by atoms with E-state index in [2.05, 4.69) is 13.8 Å². The minimum absolute atomic E-state index is 0.346. The van der Waals surface area contributed by atoms with Crippen LogP contribution in [0.3, 0.4) is 0 Å². The lowest BCUT2D eigenvalue weighted by molar-refractivity contribution is -0.137. The minimum atomic E-state index is -0.645. The van der Waals surface area contributed by atoms with Gasteiger partial charge in [-0.05, 0) is 37.0 Å². The second-order valence-corrected chi connectivity index (χ2v) is 7.63. The van der Waals surface area contributed by atoms with E-state index in [1.165, 1.54) is 77.0 Å². The highest BCUT2D eigenvalue weighted by Crippen LogP contribution is 2.49. The monoisotopic (exact) mass is 310 g/mol. The summed E-state index contributed by atoms with van der Waals surface area (Å²) in [5.41, 5.74) is 0.624. The van der Waals surface area contributed by atoms with E-state index in [1.807, 2.05) is 0 Å². The number of carboxylic acid groups (broad SMARTS) is 1. The molecule has 1 saturated carbocycles. The van der Waals surface area contributed by atoms with Crippen LogP contribution in [0.2, 0.25) is 0 Å². The molecule has 0 bridgehead atoms. The van der Waals surface area contributed by atoms with Crippen molar-refractivity contribution in [3.63, 3.8) is 0 Å². The lowest BCUT2D eigenvalue weighted by Gasteiger charge is -2.36. The zero-order valence-corrected chi connectivity index (χ0v) is 15.0. The van der Waals surface area contributed by atoms with Gasteiger partial charge in [-0.25, -0.2) is 0 Å². The Morgan fingerprint density at radius 3 is 2.27 bits per heavy atom. The molecular weight excluding hydrogens is 272 g/mol. The van der Waals surface area contributed by atoms with Gasteiger partial charge in [0, 0.05) is 6.42 Å². The van der Waals surface area contributed by atoms with Gasteiger partial charge in [0.15, 0.2) is 0 Å². The van der Waals surface area contributed by atoms with Crippen molar-refractivity contribution in [2.45, 2.75) is 110 Å². The first kappa shape index (κ1) is 19.5. The van der Waals surface area contributed by atoms with E-state index in [0.717, 1.165) is 18.8 Å². The number of hydrogen-bond donors (Lipinski definition) is 1. The number of hydrogen-bond acceptors (Lipinski definition) is 1. The maximum Gasteiger partial charge on any atom is 0.303 e. The van der Waals surface area contributed by atoms with E-state index in [0.29, 0.717) is 11.8 Å². The molecule has 2 heteroatoms. The van der Waals surface area contributed by atoms with Gasteiger partial charge in [-0.2, -0.15) is 0 Å². The molecule has 130 valence electrons. The average Bonchev–Trinajstić information content (AvgIpc) is 2.97. The Morgan fingerprint density at radius 2 is 1.64 bits per heavy atom. The Kier molecular flexibility index (Phi) is 9.82. The van der Waals surface area contributed by atoms with Crippen LogP contribution < -0.4 is 0 Å². The number of unbranched alkanes of at least 4 members (excludes halogenated alkanes) is 6. The summed E-state index contributed by atoms with van der Waals surface area (Å²) < 4.78 is 0. The first-order chi connectivity index (χ1) is 10.6. The molecule has 1 unspecified atom stereocenters. The Hall–Kier alpha value is -0.530. The molecule has 1 atom stereocenters. The van der Waals surface area contributed by atoms with Gasteiger partial charge in [0.25, 0.3) is 0 Å². The summed E-state index contributed by atoms with van der Waals surface area (Å²) in [5, 5.41) is 8.68. The van der Waals surface area contributed by atoms with Gasteiger partial charge >= 0.3 is 5.97 Å². The van der Waals surface area contributed by atoms with Crippen LogP contribution >= 0.6 is 0 Å². The molecule has 2 nitrogen and oxygen atoms in total. The molecule has 0 amide bonds. The molecule has 0 spiro atoms. The van der Waals surface area contributed by atoms with E-state index in [4.69, 9.17) is 5.11 Å². The third-order valence-corrected chi connectivity index (χ3v) is 5.95. The third kappa shape index (κ3) is 7.15. The lowest BCUT2D eigenvalue weighted by atomic mass is 9.69. The summed E-state index contributed by atoms with van der Waals surface area (Å²) in [4.78, 5) is 10.5. The van der Waals surface area contributed by atoms with Crippen LogP contribution in [0.5, 0.6) is 0 Å². The van der Waals surface area contributed by atoms with Crippen molar-refractivity contribution in [2.24, 2.45) is 11.3 Å². The predicted molar refractivity (Wildman–Crippen MR) is 94.2 cm³/mol. The molecule has 0 aromatic carbocycles. The lowest BCUT2D eigenvalue weighted by Crippen LogP contribution is -2.25. The quantitative estimate of drug-likeness (QED) is 0.390. The summed E-state index contributed by atoms with van der Waals surface area (Å²) >= 11 is 0. The molecule has 1 aliphatic rings. The van der Waals surface area contributed by atoms with Crippen LogP contribution in [-0.2, 0) is 4.79 Å². The zero-order valence-electron chi connectivity index (χ0n) is 15.0. The van der Waals surface area contributed by atoms with E-state index in [9.17, 15) is 4.79 Å². The molecule has 1 fully saturated rings. The molecule has 0 saturated heterocycles. The van der Waals surface area contributed by atoms with Gasteiger partial charge in [0.1, 0.15) is 0 Å². The predicted octanol–water partition coefficient (Wildman–Crippen LogP) is 6.58. The van der Waals surface area contributed by atoms with Crippen molar-refractivity contribution < 1.29 is 9.90 Å². The number of carbonyl (C=O) groups is 1. The number of aliphatic carboxylic acids is 1. The van der Waals surface area contributed by atoms with Crippen LogP contribution in [-0.4, -0.2) is 11.1 Å². The highest BCUT2D eigenvalue weighted by Gasteiger charge is 2.37. The van der Waals surface area contributed by atoms with E-state index >= 15 is 0 Å². The van der Waals surface area contributed by atoms with Gasteiger partial charge in [-0.3, -0.25) is 4.79 Å². The number of carboxylic acids is 1. The Balaban J connectivity index is 2.25. The summed E-state index contributed by atoms with van der Waals surface area (Å²) in [6, 6.07) is 0. The van der Waals surface area contributed by atoms with Crippen molar-refractivity contribution in [3.8, 4) is 0 Å². The smallest absolute Gasteiger partial charge is 0.303 e. The van der Waals surface area contributed by atoms with E-state index < -0.39 is 5.97 Å². The third-order valence-electron chi connectivity index (χ3n) is 5.95. The summed E-state index contributed by atoms with van der Waals surface area (Å²) in [5.74, 6) is 0.235. The fourth-order valence-electron chi connectivity index (χ4n) is 4.36. The summed E-state index contributed by atoms with van der Waals surface area (Å²) in [6.07, 6.45) is 18.9. The molecular formula is C20H38O2. The van der Waals surface area contributed by atoms with Gasteiger partial charge in [-0.1, -0.05) is 78.1 Å². The van der Waals surface area contributed by atoms with E-state index in [-0.39, 0.29) is 0 Å². The van der Waals surface area contributed by atoms with Crippen LogP contribution in [0.4, 0.5) is 0 Å².